The van der Waals surface area contributed by atoms with Crippen LogP contribution in [0, 0.1) is 0 Å². The highest BCUT2D eigenvalue weighted by Gasteiger charge is 2.35. The van der Waals surface area contributed by atoms with Crippen molar-refractivity contribution in [3.05, 3.63) is 40.6 Å². The average Bonchev–Trinajstić information content (AvgIpc) is 2.44. The van der Waals surface area contributed by atoms with Crippen molar-refractivity contribution in [3.8, 4) is 11.3 Å². The number of aromatic nitrogens is 2. The van der Waals surface area contributed by atoms with Crippen molar-refractivity contribution in [1.29, 1.82) is 0 Å². The van der Waals surface area contributed by atoms with Crippen LogP contribution in [0.25, 0.3) is 11.3 Å². The molecule has 21 heavy (non-hydrogen) atoms. The summed E-state index contributed by atoms with van der Waals surface area (Å²) < 4.78 is 39.4. The van der Waals surface area contributed by atoms with E-state index < -0.39 is 12.0 Å². The van der Waals surface area contributed by atoms with Gasteiger partial charge in [-0.05, 0) is 12.5 Å². The molecule has 112 valence electrons. The quantitative estimate of drug-likeness (QED) is 0.855. The molecule has 2 rings (SSSR count). The van der Waals surface area contributed by atoms with Crippen molar-refractivity contribution >= 4 is 21.7 Å². The van der Waals surface area contributed by atoms with E-state index in [0.29, 0.717) is 16.6 Å². The molecule has 3 nitrogen and oxygen atoms in total. The number of anilines is 1. The molecule has 0 aliphatic heterocycles. The van der Waals surface area contributed by atoms with Crippen LogP contribution in [0.4, 0.5) is 19.0 Å². The summed E-state index contributed by atoms with van der Waals surface area (Å²) in [6.45, 7) is 2.47. The number of nitrogens with one attached hydrogen (secondary N) is 1. The van der Waals surface area contributed by atoms with Gasteiger partial charge in [-0.25, -0.2) is 9.97 Å². The minimum Gasteiger partial charge on any atom is -0.370 e. The Morgan fingerprint density at radius 2 is 1.90 bits per heavy atom. The van der Waals surface area contributed by atoms with Crippen LogP contribution in [-0.4, -0.2) is 16.5 Å². The number of hydrogen-bond donors (Lipinski definition) is 1. The molecule has 7 heteroatoms. The summed E-state index contributed by atoms with van der Waals surface area (Å²) in [5.74, 6) is -0.973. The highest BCUT2D eigenvalue weighted by Crippen LogP contribution is 2.32. The standard InChI is InChI=1S/C14H13BrF3N3/c1-2-7-19-12-8-11(9-5-3-4-6-10(9)15)20-13(21-12)14(16,17)18/h3-6,8H,2,7H2,1H3,(H,19,20,21). The van der Waals surface area contributed by atoms with Gasteiger partial charge in [0, 0.05) is 22.6 Å². The fourth-order valence-corrected chi connectivity index (χ4v) is 2.21. The molecule has 1 heterocycles. The van der Waals surface area contributed by atoms with Crippen molar-refractivity contribution in [2.24, 2.45) is 0 Å². The van der Waals surface area contributed by atoms with Crippen molar-refractivity contribution in [1.82, 2.24) is 9.97 Å². The molecule has 1 N–H and O–H groups in total. The Hall–Kier alpha value is -1.63. The summed E-state index contributed by atoms with van der Waals surface area (Å²) in [6.07, 6.45) is -3.80. The Kier molecular flexibility index (Phi) is 4.82. The van der Waals surface area contributed by atoms with Gasteiger partial charge in [0.1, 0.15) is 5.82 Å². The molecule has 0 saturated heterocycles. The lowest BCUT2D eigenvalue weighted by molar-refractivity contribution is -0.144. The van der Waals surface area contributed by atoms with Crippen LogP contribution in [0.2, 0.25) is 0 Å². The average molecular weight is 360 g/mol. The van der Waals surface area contributed by atoms with Crippen molar-refractivity contribution in [2.45, 2.75) is 19.5 Å². The summed E-state index contributed by atoms with van der Waals surface area (Å²) in [7, 11) is 0. The number of benzene rings is 1. The first-order valence-electron chi connectivity index (χ1n) is 6.37. The second-order valence-electron chi connectivity index (χ2n) is 4.37. The maximum Gasteiger partial charge on any atom is 0.451 e. The van der Waals surface area contributed by atoms with Crippen LogP contribution in [0.1, 0.15) is 19.2 Å². The summed E-state index contributed by atoms with van der Waals surface area (Å²) in [4.78, 5) is 7.17. The van der Waals surface area contributed by atoms with Crippen LogP contribution in [-0.2, 0) is 6.18 Å². The summed E-state index contributed by atoms with van der Waals surface area (Å²) in [6, 6.07) is 8.51. The zero-order chi connectivity index (χ0) is 15.5. The highest BCUT2D eigenvalue weighted by molar-refractivity contribution is 9.10. The minimum absolute atomic E-state index is 0.171. The normalized spacial score (nSPS) is 11.5. The van der Waals surface area contributed by atoms with E-state index in [1.807, 2.05) is 6.92 Å². The molecule has 0 atom stereocenters. The maximum absolute atomic E-state index is 12.9. The van der Waals surface area contributed by atoms with Gasteiger partial charge in [-0.3, -0.25) is 0 Å². The first kappa shape index (κ1) is 15.8. The zero-order valence-corrected chi connectivity index (χ0v) is 12.8. The fourth-order valence-electron chi connectivity index (χ4n) is 1.72. The molecule has 1 aromatic carbocycles. The first-order chi connectivity index (χ1) is 9.91. The number of rotatable bonds is 4. The molecule has 0 spiro atoms. The van der Waals surface area contributed by atoms with E-state index in [-0.39, 0.29) is 11.5 Å². The lowest BCUT2D eigenvalue weighted by atomic mass is 10.1. The van der Waals surface area contributed by atoms with Gasteiger partial charge in [0.25, 0.3) is 0 Å². The summed E-state index contributed by atoms with van der Waals surface area (Å²) >= 11 is 3.32. The maximum atomic E-state index is 12.9. The third-order valence-electron chi connectivity index (χ3n) is 2.69. The van der Waals surface area contributed by atoms with E-state index in [0.717, 1.165) is 6.42 Å². The van der Waals surface area contributed by atoms with Gasteiger partial charge in [0.15, 0.2) is 0 Å². The summed E-state index contributed by atoms with van der Waals surface area (Å²) in [5.41, 5.74) is 0.813. The molecule has 0 bridgehead atoms. The van der Waals surface area contributed by atoms with Gasteiger partial charge in [0.05, 0.1) is 5.69 Å². The molecular formula is C14H13BrF3N3. The number of hydrogen-bond acceptors (Lipinski definition) is 3. The molecule has 0 saturated carbocycles. The predicted octanol–water partition coefficient (Wildman–Crippen LogP) is 4.75. The number of alkyl halides is 3. The molecule has 0 aliphatic carbocycles. The zero-order valence-electron chi connectivity index (χ0n) is 11.2. The molecule has 0 unspecified atom stereocenters. The molecule has 0 amide bonds. The van der Waals surface area contributed by atoms with Gasteiger partial charge in [0.2, 0.25) is 5.82 Å². The molecule has 0 aliphatic rings. The van der Waals surface area contributed by atoms with Crippen molar-refractivity contribution < 1.29 is 13.2 Å². The topological polar surface area (TPSA) is 37.8 Å². The van der Waals surface area contributed by atoms with Gasteiger partial charge < -0.3 is 5.32 Å². The van der Waals surface area contributed by atoms with Crippen LogP contribution < -0.4 is 5.32 Å². The Morgan fingerprint density at radius 3 is 2.52 bits per heavy atom. The van der Waals surface area contributed by atoms with Crippen LogP contribution in [0.15, 0.2) is 34.8 Å². The van der Waals surface area contributed by atoms with E-state index in [9.17, 15) is 13.2 Å². The first-order valence-corrected chi connectivity index (χ1v) is 7.16. The molecule has 2 aromatic rings. The third kappa shape index (κ3) is 3.93. The van der Waals surface area contributed by atoms with Crippen LogP contribution >= 0.6 is 15.9 Å². The number of halogens is 4. The lowest BCUT2D eigenvalue weighted by Gasteiger charge is -2.12. The van der Waals surface area contributed by atoms with E-state index in [1.54, 1.807) is 24.3 Å². The fraction of sp³-hybridized carbons (Fsp3) is 0.286. The SMILES string of the molecule is CCCNc1cc(-c2ccccc2Br)nc(C(F)(F)F)n1. The highest BCUT2D eigenvalue weighted by atomic mass is 79.9. The Bertz CT molecular complexity index is 629. The molecular weight excluding hydrogens is 347 g/mol. The Balaban J connectivity index is 2.52. The van der Waals surface area contributed by atoms with Crippen LogP contribution in [0.3, 0.4) is 0 Å². The van der Waals surface area contributed by atoms with E-state index >= 15 is 0 Å². The predicted molar refractivity (Wildman–Crippen MR) is 79.0 cm³/mol. The molecule has 1 aromatic heterocycles. The Labute approximate surface area is 128 Å². The monoisotopic (exact) mass is 359 g/mol. The molecule has 0 fully saturated rings. The number of nitrogens with zero attached hydrogens (tertiary/aromatic N) is 2. The smallest absolute Gasteiger partial charge is 0.370 e. The van der Waals surface area contributed by atoms with Crippen molar-refractivity contribution in [2.75, 3.05) is 11.9 Å². The van der Waals surface area contributed by atoms with Crippen LogP contribution in [0.5, 0.6) is 0 Å². The lowest BCUT2D eigenvalue weighted by Crippen LogP contribution is -2.14. The second-order valence-corrected chi connectivity index (χ2v) is 5.22. The van der Waals surface area contributed by atoms with E-state index in [1.165, 1.54) is 6.07 Å². The van der Waals surface area contributed by atoms with Gasteiger partial charge in [-0.15, -0.1) is 0 Å². The van der Waals surface area contributed by atoms with E-state index in [4.69, 9.17) is 0 Å². The molecule has 0 radical (unpaired) electrons. The summed E-state index contributed by atoms with van der Waals surface area (Å²) in [5, 5.41) is 2.87. The minimum atomic E-state index is -4.58. The second kappa shape index (κ2) is 6.43. The van der Waals surface area contributed by atoms with Gasteiger partial charge in [-0.2, -0.15) is 13.2 Å². The third-order valence-corrected chi connectivity index (χ3v) is 3.38. The Morgan fingerprint density at radius 1 is 1.19 bits per heavy atom. The largest absolute Gasteiger partial charge is 0.451 e. The van der Waals surface area contributed by atoms with Crippen molar-refractivity contribution in [3.63, 3.8) is 0 Å². The van der Waals surface area contributed by atoms with Gasteiger partial charge in [-0.1, -0.05) is 41.1 Å². The van der Waals surface area contributed by atoms with E-state index in [2.05, 4.69) is 31.2 Å². The van der Waals surface area contributed by atoms with Gasteiger partial charge >= 0.3 is 6.18 Å².